The topological polar surface area (TPSA) is 55.1 Å². The molecule has 3 nitrogen and oxygen atoms in total. The fraction of sp³-hybridized carbons (Fsp3) is 0.312. The van der Waals surface area contributed by atoms with Crippen LogP contribution in [0, 0.1) is 5.92 Å². The Balaban J connectivity index is 1.97. The summed E-state index contributed by atoms with van der Waals surface area (Å²) in [5.41, 5.74) is 6.95. The molecule has 0 saturated carbocycles. The summed E-state index contributed by atoms with van der Waals surface area (Å²) in [5.74, 6) is -0.280. The van der Waals surface area contributed by atoms with Crippen molar-refractivity contribution in [2.24, 2.45) is 11.7 Å². The third-order valence-corrected chi connectivity index (χ3v) is 3.77. The average Bonchev–Trinajstić information content (AvgIpc) is 2.48. The van der Waals surface area contributed by atoms with E-state index in [1.165, 1.54) is 12.1 Å². The van der Waals surface area contributed by atoms with Gasteiger partial charge in [-0.15, -0.1) is 0 Å². The smallest absolute Gasteiger partial charge is 0.399 e. The van der Waals surface area contributed by atoms with Crippen molar-refractivity contribution in [1.29, 1.82) is 0 Å². The summed E-state index contributed by atoms with van der Waals surface area (Å²) in [6.45, 7) is 2.31. The number of amides is 1. The first-order chi connectivity index (χ1) is 10.3. The van der Waals surface area contributed by atoms with Gasteiger partial charge in [0, 0.05) is 23.7 Å². The van der Waals surface area contributed by atoms with Crippen LogP contribution >= 0.6 is 0 Å². The van der Waals surface area contributed by atoms with Gasteiger partial charge in [0.15, 0.2) is 0 Å². The summed E-state index contributed by atoms with van der Waals surface area (Å²) in [7, 11) is 0. The molecule has 3 N–H and O–H groups in total. The summed E-state index contributed by atoms with van der Waals surface area (Å²) >= 11 is 0. The Kier molecular flexibility index (Phi) is 4.59. The lowest BCUT2D eigenvalue weighted by Crippen LogP contribution is -2.31. The van der Waals surface area contributed by atoms with Gasteiger partial charge >= 0.3 is 6.18 Å². The van der Waals surface area contributed by atoms with Gasteiger partial charge in [-0.3, -0.25) is 4.79 Å². The molecule has 0 spiro atoms. The minimum atomic E-state index is -4.40. The van der Waals surface area contributed by atoms with Gasteiger partial charge in [-0.05, 0) is 49.3 Å². The minimum absolute atomic E-state index is 0.114. The Labute approximate surface area is 126 Å². The van der Waals surface area contributed by atoms with Crippen LogP contribution in [0.1, 0.15) is 29.3 Å². The predicted molar refractivity (Wildman–Crippen MR) is 77.9 cm³/mol. The van der Waals surface area contributed by atoms with Crippen molar-refractivity contribution in [1.82, 2.24) is 5.32 Å². The third-order valence-electron chi connectivity index (χ3n) is 3.77. The fourth-order valence-electron chi connectivity index (χ4n) is 2.27. The maximum absolute atomic E-state index is 12.5. The van der Waals surface area contributed by atoms with E-state index in [0.29, 0.717) is 12.2 Å². The molecule has 1 aromatic rings. The number of halogens is 3. The summed E-state index contributed by atoms with van der Waals surface area (Å²) in [5, 5.41) is 2.73. The van der Waals surface area contributed by atoms with Crippen molar-refractivity contribution in [2.45, 2.75) is 19.5 Å². The quantitative estimate of drug-likeness (QED) is 0.900. The highest BCUT2D eigenvalue weighted by atomic mass is 19.4. The molecule has 2 rings (SSSR count). The van der Waals surface area contributed by atoms with Gasteiger partial charge in [0.25, 0.3) is 5.91 Å². The highest BCUT2D eigenvalue weighted by molar-refractivity contribution is 5.94. The molecule has 1 aliphatic carbocycles. The average molecular weight is 310 g/mol. The van der Waals surface area contributed by atoms with E-state index < -0.39 is 17.6 Å². The van der Waals surface area contributed by atoms with Gasteiger partial charge in [-0.2, -0.15) is 13.2 Å². The van der Waals surface area contributed by atoms with Crippen LogP contribution < -0.4 is 11.1 Å². The number of rotatable bonds is 3. The first-order valence-electron chi connectivity index (χ1n) is 6.87. The highest BCUT2D eigenvalue weighted by Gasteiger charge is 2.30. The molecule has 1 atom stereocenters. The molecule has 118 valence electrons. The second-order valence-corrected chi connectivity index (χ2v) is 5.26. The molecular weight excluding hydrogens is 293 g/mol. The molecule has 0 aliphatic heterocycles. The van der Waals surface area contributed by atoms with Gasteiger partial charge in [0.05, 0.1) is 5.56 Å². The molecule has 0 bridgehead atoms. The molecular formula is C16H17F3N2O. The Morgan fingerprint density at radius 1 is 1.32 bits per heavy atom. The molecule has 0 fully saturated rings. The van der Waals surface area contributed by atoms with Crippen molar-refractivity contribution in [3.63, 3.8) is 0 Å². The van der Waals surface area contributed by atoms with Crippen molar-refractivity contribution in [3.05, 3.63) is 58.8 Å². The molecule has 22 heavy (non-hydrogen) atoms. The lowest BCUT2D eigenvalue weighted by Gasteiger charge is -2.21. The summed E-state index contributed by atoms with van der Waals surface area (Å²) < 4.78 is 37.4. The fourth-order valence-corrected chi connectivity index (χ4v) is 2.27. The Morgan fingerprint density at radius 3 is 2.55 bits per heavy atom. The third kappa shape index (κ3) is 3.69. The molecule has 0 saturated heterocycles. The molecule has 0 radical (unpaired) electrons. The largest absolute Gasteiger partial charge is 0.416 e. The van der Waals surface area contributed by atoms with Crippen molar-refractivity contribution >= 4 is 5.91 Å². The molecule has 1 amide bonds. The van der Waals surface area contributed by atoms with Crippen LogP contribution in [-0.4, -0.2) is 12.5 Å². The van der Waals surface area contributed by atoms with Crippen LogP contribution in [-0.2, 0) is 6.18 Å². The molecule has 0 aromatic heterocycles. The van der Waals surface area contributed by atoms with E-state index in [2.05, 4.69) is 5.32 Å². The number of carbonyl (C=O) groups excluding carboxylic acids is 1. The van der Waals surface area contributed by atoms with E-state index in [0.717, 1.165) is 24.1 Å². The second kappa shape index (κ2) is 6.25. The van der Waals surface area contributed by atoms with Crippen LogP contribution in [0.2, 0.25) is 0 Å². The van der Waals surface area contributed by atoms with E-state index in [1.807, 2.05) is 19.1 Å². The van der Waals surface area contributed by atoms with Gasteiger partial charge in [0.1, 0.15) is 0 Å². The molecule has 0 heterocycles. The number of carbonyl (C=O) groups is 1. The minimum Gasteiger partial charge on any atom is -0.399 e. The monoisotopic (exact) mass is 310 g/mol. The Hall–Kier alpha value is -2.24. The molecule has 1 aliphatic rings. The molecule has 0 unspecified atom stereocenters. The summed E-state index contributed by atoms with van der Waals surface area (Å²) in [6.07, 6.45) is 0.156. The van der Waals surface area contributed by atoms with Crippen LogP contribution in [0.15, 0.2) is 47.7 Å². The molecule has 1 aromatic carbocycles. The number of nitrogens with one attached hydrogen (secondary N) is 1. The number of hydrogen-bond acceptors (Lipinski definition) is 2. The maximum Gasteiger partial charge on any atom is 0.416 e. The van der Waals surface area contributed by atoms with Crippen LogP contribution in [0.4, 0.5) is 13.2 Å². The van der Waals surface area contributed by atoms with E-state index in [-0.39, 0.29) is 11.5 Å². The second-order valence-electron chi connectivity index (χ2n) is 5.26. The van der Waals surface area contributed by atoms with E-state index in [4.69, 9.17) is 5.73 Å². The summed E-state index contributed by atoms with van der Waals surface area (Å²) in [4.78, 5) is 12.0. The first-order valence-corrected chi connectivity index (χ1v) is 6.87. The van der Waals surface area contributed by atoms with Gasteiger partial charge in [-0.25, -0.2) is 0 Å². The van der Waals surface area contributed by atoms with Crippen LogP contribution in [0.3, 0.4) is 0 Å². The number of nitrogens with two attached hydrogens (primary N) is 1. The van der Waals surface area contributed by atoms with E-state index in [1.54, 1.807) is 0 Å². The van der Waals surface area contributed by atoms with Crippen molar-refractivity contribution in [3.8, 4) is 0 Å². The lowest BCUT2D eigenvalue weighted by atomic mass is 9.91. The maximum atomic E-state index is 12.5. The van der Waals surface area contributed by atoms with Gasteiger partial charge in [0.2, 0.25) is 0 Å². The van der Waals surface area contributed by atoms with Gasteiger partial charge in [-0.1, -0.05) is 6.08 Å². The Bertz CT molecular complexity index is 615. The SMILES string of the molecule is CC1=C(N)C=CC[C@H]1CNC(=O)c1ccc(C(F)(F)F)cc1. The number of alkyl halides is 3. The highest BCUT2D eigenvalue weighted by Crippen LogP contribution is 2.29. The summed E-state index contributed by atoms with van der Waals surface area (Å²) in [6, 6.07) is 4.16. The molecule has 6 heteroatoms. The zero-order chi connectivity index (χ0) is 16.3. The number of benzene rings is 1. The van der Waals surface area contributed by atoms with Crippen LogP contribution in [0.5, 0.6) is 0 Å². The van der Waals surface area contributed by atoms with Crippen molar-refractivity contribution in [2.75, 3.05) is 6.54 Å². The van der Waals surface area contributed by atoms with E-state index >= 15 is 0 Å². The van der Waals surface area contributed by atoms with E-state index in [9.17, 15) is 18.0 Å². The van der Waals surface area contributed by atoms with Crippen LogP contribution in [0.25, 0.3) is 0 Å². The zero-order valence-electron chi connectivity index (χ0n) is 12.1. The standard InChI is InChI=1S/C16H17F3N2O/c1-10-12(3-2-4-14(10)20)9-21-15(22)11-5-7-13(8-6-11)16(17,18)19/h2,4-8,12H,3,9,20H2,1H3,(H,21,22)/t12-/m0/s1. The number of allylic oxidation sites excluding steroid dienone is 2. The van der Waals surface area contributed by atoms with Crippen molar-refractivity contribution < 1.29 is 18.0 Å². The van der Waals surface area contributed by atoms with Gasteiger partial charge < -0.3 is 11.1 Å². The first kappa shape index (κ1) is 16.1. The Morgan fingerprint density at radius 2 is 1.95 bits per heavy atom. The predicted octanol–water partition coefficient (Wildman–Crippen LogP) is 3.24. The normalized spacial score (nSPS) is 18.5. The zero-order valence-corrected chi connectivity index (χ0v) is 12.1. The number of hydrogen-bond donors (Lipinski definition) is 2. The lowest BCUT2D eigenvalue weighted by molar-refractivity contribution is -0.137.